The number of nitrogens with one attached hydrogen (secondary N) is 2. The molecule has 80 valence electrons. The molecule has 1 aliphatic rings. The van der Waals surface area contributed by atoms with Crippen LogP contribution >= 0.6 is 24.0 Å². The van der Waals surface area contributed by atoms with Gasteiger partial charge in [0.25, 0.3) is 0 Å². The molecule has 0 radical (unpaired) electrons. The lowest BCUT2D eigenvalue weighted by molar-refractivity contribution is -0.109. The number of nitrogens with zero attached hydrogens (tertiary/aromatic N) is 1. The van der Waals surface area contributed by atoms with Crippen molar-refractivity contribution in [1.82, 2.24) is 4.98 Å². The second-order valence-corrected chi connectivity index (χ2v) is 4.68. The van der Waals surface area contributed by atoms with E-state index in [1.54, 1.807) is 18.3 Å². The van der Waals surface area contributed by atoms with Crippen LogP contribution in [0, 0.1) is 5.41 Å². The zero-order valence-corrected chi connectivity index (χ0v) is 9.69. The van der Waals surface area contributed by atoms with Gasteiger partial charge >= 0.3 is 0 Å². The molecule has 0 spiro atoms. The lowest BCUT2D eigenvalue weighted by Gasteiger charge is -1.98. The summed E-state index contributed by atoms with van der Waals surface area (Å²) in [5.41, 5.74) is -0.103. The van der Waals surface area contributed by atoms with E-state index in [-0.39, 0.29) is 11.5 Å². The Bertz CT molecular complexity index is 496. The van der Waals surface area contributed by atoms with E-state index in [0.29, 0.717) is 14.9 Å². The second-order valence-electron chi connectivity index (χ2n) is 2.96. The molecule has 2 heterocycles. The van der Waals surface area contributed by atoms with Crippen molar-refractivity contribution in [2.24, 2.45) is 0 Å². The van der Waals surface area contributed by atoms with Gasteiger partial charge in [-0.25, -0.2) is 4.98 Å². The Morgan fingerprint density at radius 2 is 2.31 bits per heavy atom. The average molecular weight is 249 g/mol. The Labute approximate surface area is 102 Å². The Hall–Kier alpha value is -1.53. The summed E-state index contributed by atoms with van der Waals surface area (Å²) in [5.74, 6) is 0.311. The number of hydrogen-bond donors (Lipinski definition) is 2. The van der Waals surface area contributed by atoms with Gasteiger partial charge < -0.3 is 5.32 Å². The van der Waals surface area contributed by atoms with E-state index in [2.05, 4.69) is 10.3 Å². The summed E-state index contributed by atoms with van der Waals surface area (Å²) in [5, 5.41) is 10.3. The first-order chi connectivity index (χ1) is 7.68. The smallest absolute Gasteiger partial charge is 0.220 e. The van der Waals surface area contributed by atoms with Crippen LogP contribution in [0.2, 0.25) is 0 Å². The van der Waals surface area contributed by atoms with Crippen molar-refractivity contribution < 1.29 is 4.79 Å². The number of thioether (sulfide) groups is 1. The van der Waals surface area contributed by atoms with Crippen LogP contribution in [0.25, 0.3) is 0 Å². The fraction of sp³-hybridized carbons (Fsp3) is 0. The van der Waals surface area contributed by atoms with E-state index in [1.165, 1.54) is 6.20 Å². The van der Waals surface area contributed by atoms with Gasteiger partial charge in [0.1, 0.15) is 15.7 Å². The molecule has 6 heteroatoms. The summed E-state index contributed by atoms with van der Waals surface area (Å²) < 4.78 is 0.319. The highest BCUT2D eigenvalue weighted by molar-refractivity contribution is 8.30. The molecule has 4 nitrogen and oxygen atoms in total. The second kappa shape index (κ2) is 4.54. The molecule has 0 saturated carbocycles. The summed E-state index contributed by atoms with van der Waals surface area (Å²) in [6, 6.07) is 5.42. The number of ketones is 1. The third kappa shape index (κ3) is 2.17. The number of hydrogen-bond acceptors (Lipinski definition) is 6. The van der Waals surface area contributed by atoms with Crippen molar-refractivity contribution >= 4 is 45.5 Å². The summed E-state index contributed by atoms with van der Waals surface area (Å²) in [4.78, 5) is 15.9. The van der Waals surface area contributed by atoms with Gasteiger partial charge in [-0.15, -0.1) is 0 Å². The predicted molar refractivity (Wildman–Crippen MR) is 68.9 cm³/mol. The highest BCUT2D eigenvalue weighted by atomic mass is 32.2. The Balaban J connectivity index is 2.13. The Morgan fingerprint density at radius 3 is 2.88 bits per heavy atom. The van der Waals surface area contributed by atoms with Crippen LogP contribution in [0.15, 0.2) is 35.5 Å². The summed E-state index contributed by atoms with van der Waals surface area (Å²) in [6.07, 6.45) is 3.18. The maximum Gasteiger partial charge on any atom is 0.220 e. The Morgan fingerprint density at radius 1 is 1.50 bits per heavy atom. The first kappa shape index (κ1) is 11.0. The van der Waals surface area contributed by atoms with Crippen molar-refractivity contribution in [3.05, 3.63) is 35.5 Å². The van der Waals surface area contributed by atoms with Crippen molar-refractivity contribution in [1.29, 1.82) is 5.41 Å². The zero-order chi connectivity index (χ0) is 11.5. The Kier molecular flexibility index (Phi) is 3.12. The van der Waals surface area contributed by atoms with Gasteiger partial charge in [0.2, 0.25) is 5.78 Å². The van der Waals surface area contributed by atoms with Gasteiger partial charge in [-0.1, -0.05) is 30.0 Å². The molecule has 0 unspecified atom stereocenters. The molecule has 2 rings (SSSR count). The number of pyridine rings is 1. The van der Waals surface area contributed by atoms with Gasteiger partial charge in [-0.3, -0.25) is 10.2 Å². The summed E-state index contributed by atoms with van der Waals surface area (Å²) in [6.45, 7) is 0. The van der Waals surface area contributed by atoms with E-state index in [4.69, 9.17) is 17.6 Å². The van der Waals surface area contributed by atoms with E-state index in [1.807, 2.05) is 6.07 Å². The minimum Gasteiger partial charge on any atom is -0.345 e. The number of anilines is 1. The van der Waals surface area contributed by atoms with E-state index in [0.717, 1.165) is 11.8 Å². The van der Waals surface area contributed by atoms with Crippen LogP contribution in [-0.4, -0.2) is 20.7 Å². The monoisotopic (exact) mass is 249 g/mol. The lowest BCUT2D eigenvalue weighted by atomic mass is 10.3. The number of carbonyl (C=O) groups is 1. The largest absolute Gasteiger partial charge is 0.345 e. The average Bonchev–Trinajstić information content (AvgIpc) is 2.56. The molecule has 0 atom stereocenters. The predicted octanol–water partition coefficient (Wildman–Crippen LogP) is 2.00. The number of thiocarbonyl (C=S) groups is 1. The third-order valence-electron chi connectivity index (χ3n) is 1.87. The summed E-state index contributed by atoms with van der Waals surface area (Å²) in [7, 11) is 0. The maximum absolute atomic E-state index is 11.5. The number of carbonyl (C=O) groups excluding carboxylic acids is 1. The molecule has 1 aromatic rings. The quantitative estimate of drug-likeness (QED) is 0.620. The molecule has 0 aliphatic carbocycles. The lowest BCUT2D eigenvalue weighted by Crippen LogP contribution is -2.10. The van der Waals surface area contributed by atoms with Gasteiger partial charge in [-0.05, 0) is 12.1 Å². The van der Waals surface area contributed by atoms with Crippen molar-refractivity contribution in [2.45, 2.75) is 0 Å². The fourth-order valence-corrected chi connectivity index (χ4v) is 2.16. The van der Waals surface area contributed by atoms with Crippen LogP contribution in [0.3, 0.4) is 0 Å². The molecule has 1 aromatic heterocycles. The van der Waals surface area contributed by atoms with Crippen molar-refractivity contribution in [2.75, 3.05) is 5.32 Å². The van der Waals surface area contributed by atoms with Gasteiger partial charge in [0.15, 0.2) is 0 Å². The minimum atomic E-state index is -0.335. The minimum absolute atomic E-state index is 0.103. The van der Waals surface area contributed by atoms with E-state index in [9.17, 15) is 4.79 Å². The summed E-state index contributed by atoms with van der Waals surface area (Å²) >= 11 is 5.99. The zero-order valence-electron chi connectivity index (χ0n) is 8.06. The molecule has 1 fully saturated rings. The third-order valence-corrected chi connectivity index (χ3v) is 3.24. The topological polar surface area (TPSA) is 65.8 Å². The SMILES string of the molecule is N=C1C(=O)/C(=C\Nc2ccccn2)SC1=S. The van der Waals surface area contributed by atoms with Gasteiger partial charge in [0, 0.05) is 12.4 Å². The van der Waals surface area contributed by atoms with Crippen molar-refractivity contribution in [3.63, 3.8) is 0 Å². The molecule has 1 saturated heterocycles. The molecule has 0 bridgehead atoms. The number of rotatable bonds is 2. The molecule has 2 N–H and O–H groups in total. The van der Waals surface area contributed by atoms with Crippen LogP contribution in [0.4, 0.5) is 5.82 Å². The number of allylic oxidation sites excluding steroid dienone is 1. The first-order valence-corrected chi connectivity index (χ1v) is 5.64. The molecular formula is C10H7N3OS2. The van der Waals surface area contributed by atoms with Gasteiger partial charge in [-0.2, -0.15) is 0 Å². The van der Waals surface area contributed by atoms with Crippen LogP contribution < -0.4 is 5.32 Å². The maximum atomic E-state index is 11.5. The highest BCUT2D eigenvalue weighted by Crippen LogP contribution is 2.27. The van der Waals surface area contributed by atoms with E-state index < -0.39 is 0 Å². The standard InChI is InChI=1S/C10H7N3OS2/c11-8-9(14)6(16-10(8)15)5-13-7-3-1-2-4-12-7/h1-5,11H,(H,12,13)/b6-5+,11-8?. The molecule has 16 heavy (non-hydrogen) atoms. The molecule has 0 amide bonds. The highest BCUT2D eigenvalue weighted by Gasteiger charge is 2.29. The molecule has 1 aliphatic heterocycles. The fourth-order valence-electron chi connectivity index (χ4n) is 1.10. The van der Waals surface area contributed by atoms with Crippen LogP contribution in [0.5, 0.6) is 0 Å². The van der Waals surface area contributed by atoms with Crippen LogP contribution in [-0.2, 0) is 4.79 Å². The number of Topliss-reactive ketones (excluding diaryl/α,β-unsaturated/α-hetero) is 1. The molecular weight excluding hydrogens is 242 g/mol. The first-order valence-electron chi connectivity index (χ1n) is 4.41. The van der Waals surface area contributed by atoms with E-state index >= 15 is 0 Å². The van der Waals surface area contributed by atoms with Gasteiger partial charge in [0.05, 0.1) is 4.91 Å². The number of aromatic nitrogens is 1. The van der Waals surface area contributed by atoms with Crippen molar-refractivity contribution in [3.8, 4) is 0 Å². The normalized spacial score (nSPS) is 18.2. The molecule has 0 aromatic carbocycles. The van der Waals surface area contributed by atoms with Crippen LogP contribution in [0.1, 0.15) is 0 Å².